The lowest BCUT2D eigenvalue weighted by Gasteiger charge is -2.19. The Hall–Kier alpha value is -7.61. The molecule has 0 atom stereocenters. The van der Waals surface area contributed by atoms with Crippen LogP contribution in [0.5, 0.6) is 0 Å². The van der Waals surface area contributed by atoms with E-state index in [4.69, 9.17) is 23.8 Å². The van der Waals surface area contributed by atoms with Gasteiger partial charge in [0.05, 0.1) is 11.0 Å². The second-order valence-electron chi connectivity index (χ2n) is 17.2. The fourth-order valence-corrected chi connectivity index (χ4v) is 10.4. The maximum atomic E-state index is 6.50. The Morgan fingerprint density at radius 3 is 1.79 bits per heavy atom. The monoisotopic (exact) mass is 816 g/mol. The fraction of sp³-hybridized carbons (Fsp3) is 0.0727. The topological polar surface area (TPSA) is 69.9 Å². The molecular formula is C55H36N4O2S. The van der Waals surface area contributed by atoms with Crippen LogP contribution in [0, 0.1) is 0 Å². The van der Waals surface area contributed by atoms with Gasteiger partial charge in [-0.05, 0) is 108 Å². The van der Waals surface area contributed by atoms with Gasteiger partial charge in [0.15, 0.2) is 17.5 Å². The average Bonchev–Trinajstić information content (AvgIpc) is 4.06. The van der Waals surface area contributed by atoms with Crippen LogP contribution in [0.3, 0.4) is 0 Å². The summed E-state index contributed by atoms with van der Waals surface area (Å²) in [6.07, 6.45) is 0. The molecule has 0 spiro atoms. The molecule has 0 saturated heterocycles. The predicted molar refractivity (Wildman–Crippen MR) is 257 cm³/mol. The van der Waals surface area contributed by atoms with Gasteiger partial charge in [-0.25, -0.2) is 15.0 Å². The Bertz CT molecular complexity index is 3980. The molecule has 0 aliphatic heterocycles. The molecule has 0 fully saturated rings. The van der Waals surface area contributed by atoms with Gasteiger partial charge in [0.25, 0.3) is 0 Å². The third-order valence-electron chi connectivity index (χ3n) is 12.4. The van der Waals surface area contributed by atoms with Crippen molar-refractivity contribution in [1.82, 2.24) is 19.5 Å². The molecule has 0 saturated carbocycles. The van der Waals surface area contributed by atoms with Crippen molar-refractivity contribution in [3.63, 3.8) is 0 Å². The average molecular weight is 817 g/mol. The van der Waals surface area contributed by atoms with Crippen LogP contribution in [0.1, 0.15) is 26.3 Å². The molecule has 5 heterocycles. The first-order valence-electron chi connectivity index (χ1n) is 20.9. The molecule has 13 aromatic rings. The molecule has 0 unspecified atom stereocenters. The zero-order chi connectivity index (χ0) is 41.3. The zero-order valence-corrected chi connectivity index (χ0v) is 34.9. The zero-order valence-electron chi connectivity index (χ0n) is 34.1. The summed E-state index contributed by atoms with van der Waals surface area (Å²) in [6.45, 7) is 6.80. The summed E-state index contributed by atoms with van der Waals surface area (Å²) in [7, 11) is 0. The van der Waals surface area contributed by atoms with Crippen molar-refractivity contribution in [1.29, 1.82) is 0 Å². The molecule has 0 N–H and O–H groups in total. The van der Waals surface area contributed by atoms with E-state index < -0.39 is 0 Å². The highest BCUT2D eigenvalue weighted by Crippen LogP contribution is 2.44. The van der Waals surface area contributed by atoms with Gasteiger partial charge in [0.2, 0.25) is 0 Å². The van der Waals surface area contributed by atoms with E-state index in [2.05, 4.69) is 159 Å². The molecule has 7 heteroatoms. The lowest BCUT2D eigenvalue weighted by Crippen LogP contribution is -2.10. The third-order valence-corrected chi connectivity index (χ3v) is 13.5. The molecule has 0 bridgehead atoms. The Balaban J connectivity index is 1.05. The number of thiophene rings is 1. The molecule has 0 radical (unpaired) electrons. The molecule has 5 aromatic heterocycles. The minimum absolute atomic E-state index is 0.0182. The van der Waals surface area contributed by atoms with Gasteiger partial charge in [-0.1, -0.05) is 87.5 Å². The summed E-state index contributed by atoms with van der Waals surface area (Å²) < 4.78 is 17.7. The van der Waals surface area contributed by atoms with E-state index in [1.807, 2.05) is 41.7 Å². The van der Waals surface area contributed by atoms with Crippen molar-refractivity contribution >= 4 is 97.2 Å². The molecule has 0 amide bonds. The van der Waals surface area contributed by atoms with Crippen molar-refractivity contribution < 1.29 is 8.83 Å². The van der Waals surface area contributed by atoms with Crippen LogP contribution in [0.2, 0.25) is 0 Å². The van der Waals surface area contributed by atoms with E-state index in [0.717, 1.165) is 82.7 Å². The molecule has 294 valence electrons. The molecule has 0 aliphatic rings. The number of rotatable bonds is 4. The lowest BCUT2D eigenvalue weighted by atomic mass is 9.86. The van der Waals surface area contributed by atoms with Crippen LogP contribution in [0.4, 0.5) is 0 Å². The Morgan fingerprint density at radius 2 is 1.00 bits per heavy atom. The Labute approximate surface area is 359 Å². The number of aromatic nitrogens is 4. The van der Waals surface area contributed by atoms with Gasteiger partial charge in [0.1, 0.15) is 22.3 Å². The summed E-state index contributed by atoms with van der Waals surface area (Å²) >= 11 is 1.81. The normalized spacial score (nSPS) is 12.4. The van der Waals surface area contributed by atoms with Gasteiger partial charge >= 0.3 is 0 Å². The van der Waals surface area contributed by atoms with E-state index in [1.165, 1.54) is 31.1 Å². The van der Waals surface area contributed by atoms with Gasteiger partial charge in [-0.15, -0.1) is 11.3 Å². The number of benzene rings is 8. The summed E-state index contributed by atoms with van der Waals surface area (Å²) in [5.74, 6) is 1.74. The van der Waals surface area contributed by atoms with Crippen LogP contribution < -0.4 is 0 Å². The highest BCUT2D eigenvalue weighted by molar-refractivity contribution is 7.26. The minimum Gasteiger partial charge on any atom is -0.456 e. The molecule has 13 rings (SSSR count). The molecule has 62 heavy (non-hydrogen) atoms. The van der Waals surface area contributed by atoms with Crippen molar-refractivity contribution in [2.24, 2.45) is 0 Å². The second kappa shape index (κ2) is 12.9. The molecule has 6 nitrogen and oxygen atoms in total. The van der Waals surface area contributed by atoms with E-state index >= 15 is 0 Å². The predicted octanol–water partition coefficient (Wildman–Crippen LogP) is 15.4. The van der Waals surface area contributed by atoms with Crippen LogP contribution in [0.25, 0.3) is 126 Å². The standard InChI is InChI=1S/C55H36N4O2S/c1-55(2,3)34-20-23-43-40(30-34)39-27-31(18-22-42(39)59(43)35-11-5-4-6-12-35)52-56-53(58-54(57-52)33-17-21-37-36-13-7-9-15-44(36)61-47(37)29-33)32-19-24-45-41(28-32)50-46(60-45)25-26-49-51(50)38-14-8-10-16-48(38)62-49/h4-30H,1-3H3. The summed E-state index contributed by atoms with van der Waals surface area (Å²) in [6, 6.07) is 57.6. The number of furan rings is 2. The first kappa shape index (κ1) is 35.2. The van der Waals surface area contributed by atoms with Crippen molar-refractivity contribution in [2.75, 3.05) is 0 Å². The highest BCUT2D eigenvalue weighted by Gasteiger charge is 2.22. The number of hydrogen-bond donors (Lipinski definition) is 0. The minimum atomic E-state index is -0.0182. The van der Waals surface area contributed by atoms with Gasteiger partial charge in [0, 0.05) is 74.9 Å². The van der Waals surface area contributed by atoms with E-state index in [0.29, 0.717) is 17.5 Å². The Morgan fingerprint density at radius 1 is 0.419 bits per heavy atom. The van der Waals surface area contributed by atoms with Crippen molar-refractivity contribution in [3.05, 3.63) is 169 Å². The highest BCUT2D eigenvalue weighted by atomic mass is 32.1. The molecular weight excluding hydrogens is 781 g/mol. The fourth-order valence-electron chi connectivity index (χ4n) is 9.33. The number of nitrogens with zero attached hydrogens (tertiary/aromatic N) is 4. The molecule has 8 aromatic carbocycles. The van der Waals surface area contributed by atoms with Crippen LogP contribution in [0.15, 0.2) is 173 Å². The van der Waals surface area contributed by atoms with Crippen LogP contribution >= 0.6 is 11.3 Å². The van der Waals surface area contributed by atoms with E-state index in [1.54, 1.807) is 0 Å². The second-order valence-corrected chi connectivity index (χ2v) is 18.3. The smallest absolute Gasteiger partial charge is 0.164 e. The maximum absolute atomic E-state index is 6.50. The number of fused-ring (bicyclic) bond motifs is 13. The summed E-state index contributed by atoms with van der Waals surface area (Å²) in [4.78, 5) is 15.8. The quantitative estimate of drug-likeness (QED) is 0.177. The van der Waals surface area contributed by atoms with Gasteiger partial charge in [-0.3, -0.25) is 0 Å². The molecule has 0 aliphatic carbocycles. The summed E-state index contributed by atoms with van der Waals surface area (Å²) in [5.41, 5.74) is 10.6. The number of para-hydroxylation sites is 2. The Kier molecular flexibility index (Phi) is 7.35. The third kappa shape index (κ3) is 5.31. The number of hydrogen-bond acceptors (Lipinski definition) is 6. The van der Waals surface area contributed by atoms with Crippen LogP contribution in [-0.2, 0) is 5.41 Å². The van der Waals surface area contributed by atoms with Crippen molar-refractivity contribution in [3.8, 4) is 39.9 Å². The van der Waals surface area contributed by atoms with Crippen molar-refractivity contribution in [2.45, 2.75) is 26.2 Å². The van der Waals surface area contributed by atoms with E-state index in [9.17, 15) is 0 Å². The largest absolute Gasteiger partial charge is 0.456 e. The first-order chi connectivity index (χ1) is 30.3. The van der Waals surface area contributed by atoms with E-state index in [-0.39, 0.29) is 5.41 Å². The van der Waals surface area contributed by atoms with Gasteiger partial charge < -0.3 is 13.4 Å². The SMILES string of the molecule is CC(C)(C)c1ccc2c(c1)c1cc(-c3nc(-c4ccc5c(c4)oc4ccccc45)nc(-c4ccc5oc6ccc7sc8ccccc8c7c6c5c4)n3)ccc1n2-c1ccccc1. The summed E-state index contributed by atoms with van der Waals surface area (Å²) in [5, 5.41) is 9.05. The first-order valence-corrected chi connectivity index (χ1v) is 21.7. The van der Waals surface area contributed by atoms with Crippen LogP contribution in [-0.4, -0.2) is 19.5 Å². The lowest BCUT2D eigenvalue weighted by molar-refractivity contribution is 0.591. The maximum Gasteiger partial charge on any atom is 0.164 e. The van der Waals surface area contributed by atoms with Gasteiger partial charge in [-0.2, -0.15) is 0 Å².